The molecule has 2 amide bonds. The van der Waals surface area contributed by atoms with Crippen LogP contribution in [0.4, 0.5) is 0 Å². The van der Waals surface area contributed by atoms with Gasteiger partial charge in [0.05, 0.1) is 37.4 Å². The van der Waals surface area contributed by atoms with Crippen molar-refractivity contribution in [3.63, 3.8) is 0 Å². The molecule has 1 aliphatic heterocycles. The molecule has 1 aliphatic carbocycles. The number of carbonyl (C=O) groups excluding carboxylic acids is 2. The average molecular weight is 491 g/mol. The molecule has 188 valence electrons. The van der Waals surface area contributed by atoms with Crippen LogP contribution in [0.1, 0.15) is 54.1 Å². The van der Waals surface area contributed by atoms with E-state index in [4.69, 9.17) is 14.5 Å². The van der Waals surface area contributed by atoms with E-state index < -0.39 is 0 Å². The Morgan fingerprint density at radius 2 is 2.06 bits per heavy atom. The lowest BCUT2D eigenvalue weighted by Crippen LogP contribution is -2.31. The van der Waals surface area contributed by atoms with Crippen LogP contribution in [0.25, 0.3) is 17.2 Å². The van der Waals surface area contributed by atoms with Crippen LogP contribution in [0.5, 0.6) is 11.5 Å². The highest BCUT2D eigenvalue weighted by Crippen LogP contribution is 2.42. The molecule has 1 aromatic carbocycles. The van der Waals surface area contributed by atoms with E-state index in [-0.39, 0.29) is 17.7 Å². The molecule has 10 nitrogen and oxygen atoms in total. The van der Waals surface area contributed by atoms with Crippen molar-refractivity contribution in [1.82, 2.24) is 30.0 Å². The minimum Gasteiger partial charge on any atom is -0.497 e. The Bertz CT molecular complexity index is 1270. The Kier molecular flexibility index (Phi) is 6.84. The van der Waals surface area contributed by atoms with E-state index in [1.807, 2.05) is 23.1 Å². The number of carbonyl (C=O) groups is 2. The maximum absolute atomic E-state index is 13.0. The SMILES string of the molecule is COc1ccc(OC)c(-c2ccnc(-n3ncc(C(=O)NCCCN4CCCC4=O)c3C3CC3)n2)c1. The van der Waals surface area contributed by atoms with Gasteiger partial charge in [-0.15, -0.1) is 0 Å². The van der Waals surface area contributed by atoms with Crippen LogP contribution in [0.3, 0.4) is 0 Å². The second-order valence-electron chi connectivity index (χ2n) is 9.03. The van der Waals surface area contributed by atoms with Crippen molar-refractivity contribution >= 4 is 11.8 Å². The Morgan fingerprint density at radius 1 is 1.19 bits per heavy atom. The van der Waals surface area contributed by atoms with Crippen molar-refractivity contribution in [2.24, 2.45) is 0 Å². The van der Waals surface area contributed by atoms with Gasteiger partial charge in [-0.1, -0.05) is 0 Å². The topological polar surface area (TPSA) is 111 Å². The predicted molar refractivity (Wildman–Crippen MR) is 132 cm³/mol. The molecule has 1 saturated heterocycles. The summed E-state index contributed by atoms with van der Waals surface area (Å²) in [6, 6.07) is 7.34. The molecule has 1 saturated carbocycles. The molecule has 36 heavy (non-hydrogen) atoms. The van der Waals surface area contributed by atoms with Gasteiger partial charge in [0.2, 0.25) is 5.91 Å². The number of hydrogen-bond acceptors (Lipinski definition) is 7. The molecule has 0 spiro atoms. The summed E-state index contributed by atoms with van der Waals surface area (Å²) >= 11 is 0. The minimum atomic E-state index is -0.165. The van der Waals surface area contributed by atoms with Gasteiger partial charge >= 0.3 is 0 Å². The third-order valence-corrected chi connectivity index (χ3v) is 6.59. The van der Waals surface area contributed by atoms with Gasteiger partial charge in [-0.3, -0.25) is 9.59 Å². The number of hydrogen-bond donors (Lipinski definition) is 1. The molecule has 2 fully saturated rings. The summed E-state index contributed by atoms with van der Waals surface area (Å²) in [4.78, 5) is 35.9. The van der Waals surface area contributed by atoms with Gasteiger partial charge in [0.1, 0.15) is 11.5 Å². The summed E-state index contributed by atoms with van der Waals surface area (Å²) in [7, 11) is 3.22. The third kappa shape index (κ3) is 4.89. The molecule has 5 rings (SSSR count). The van der Waals surface area contributed by atoms with Crippen LogP contribution < -0.4 is 14.8 Å². The normalized spacial score (nSPS) is 15.3. The molecule has 3 aromatic rings. The molecule has 2 aliphatic rings. The summed E-state index contributed by atoms with van der Waals surface area (Å²) in [6.45, 7) is 1.98. The van der Waals surface area contributed by atoms with E-state index in [9.17, 15) is 9.59 Å². The maximum atomic E-state index is 13.0. The van der Waals surface area contributed by atoms with Gasteiger partial charge in [-0.25, -0.2) is 14.6 Å². The summed E-state index contributed by atoms with van der Waals surface area (Å²) < 4.78 is 12.6. The van der Waals surface area contributed by atoms with Gasteiger partial charge in [0.15, 0.2) is 0 Å². The average Bonchev–Trinajstić information content (AvgIpc) is 3.52. The second kappa shape index (κ2) is 10.3. The number of likely N-dealkylation sites (tertiary alicyclic amines) is 1. The van der Waals surface area contributed by atoms with Crippen LogP contribution in [0.15, 0.2) is 36.7 Å². The zero-order valence-electron chi connectivity index (χ0n) is 20.6. The van der Waals surface area contributed by atoms with Crippen molar-refractivity contribution in [2.75, 3.05) is 33.9 Å². The Hall–Kier alpha value is -3.95. The number of nitrogens with one attached hydrogen (secondary N) is 1. The molecule has 1 N–H and O–H groups in total. The van der Waals surface area contributed by atoms with Crippen molar-refractivity contribution in [3.8, 4) is 28.7 Å². The van der Waals surface area contributed by atoms with E-state index in [1.54, 1.807) is 37.4 Å². The monoisotopic (exact) mass is 490 g/mol. The van der Waals surface area contributed by atoms with Gasteiger partial charge in [0.25, 0.3) is 11.9 Å². The van der Waals surface area contributed by atoms with Crippen LogP contribution in [0.2, 0.25) is 0 Å². The highest BCUT2D eigenvalue weighted by atomic mass is 16.5. The number of nitrogens with zero attached hydrogens (tertiary/aromatic N) is 5. The number of methoxy groups -OCH3 is 2. The van der Waals surface area contributed by atoms with E-state index in [0.29, 0.717) is 48.2 Å². The fraction of sp³-hybridized carbons (Fsp3) is 0.423. The molecule has 0 atom stereocenters. The Labute approximate surface area is 209 Å². The standard InChI is InChI=1S/C26H30N6O4/c1-35-18-8-9-22(36-2)19(15-18)21-10-12-28-26(30-21)32-24(17-6-7-17)20(16-29-32)25(34)27-11-4-14-31-13-3-5-23(31)33/h8-10,12,15-17H,3-7,11,13-14H2,1-2H3,(H,27,34). The van der Waals surface area contributed by atoms with Crippen LogP contribution in [-0.2, 0) is 4.79 Å². The molecule has 10 heteroatoms. The molecule has 3 heterocycles. The predicted octanol–water partition coefficient (Wildman–Crippen LogP) is 2.97. The first kappa shape index (κ1) is 23.8. The lowest BCUT2D eigenvalue weighted by Gasteiger charge is -2.15. The van der Waals surface area contributed by atoms with Gasteiger partial charge in [-0.05, 0) is 49.9 Å². The first-order chi connectivity index (χ1) is 17.6. The molecular weight excluding hydrogens is 460 g/mol. The fourth-order valence-electron chi connectivity index (χ4n) is 4.56. The van der Waals surface area contributed by atoms with Crippen molar-refractivity contribution in [1.29, 1.82) is 0 Å². The van der Waals surface area contributed by atoms with Crippen molar-refractivity contribution in [3.05, 3.63) is 47.9 Å². The van der Waals surface area contributed by atoms with Crippen LogP contribution >= 0.6 is 0 Å². The van der Waals surface area contributed by atoms with E-state index in [2.05, 4.69) is 15.4 Å². The number of rotatable bonds is 10. The smallest absolute Gasteiger partial charge is 0.254 e. The quantitative estimate of drug-likeness (QED) is 0.435. The first-order valence-electron chi connectivity index (χ1n) is 12.3. The summed E-state index contributed by atoms with van der Waals surface area (Å²) in [5, 5.41) is 7.49. The first-order valence-corrected chi connectivity index (χ1v) is 12.3. The zero-order chi connectivity index (χ0) is 25.1. The summed E-state index contributed by atoms with van der Waals surface area (Å²) in [5.74, 6) is 2.03. The Morgan fingerprint density at radius 3 is 2.78 bits per heavy atom. The number of benzene rings is 1. The Balaban J connectivity index is 1.36. The molecule has 0 bridgehead atoms. The molecule has 2 aromatic heterocycles. The largest absolute Gasteiger partial charge is 0.497 e. The van der Waals surface area contributed by atoms with E-state index in [1.165, 1.54) is 0 Å². The van der Waals surface area contributed by atoms with Crippen LogP contribution in [-0.4, -0.2) is 70.3 Å². The third-order valence-electron chi connectivity index (χ3n) is 6.59. The lowest BCUT2D eigenvalue weighted by molar-refractivity contribution is -0.127. The van der Waals surface area contributed by atoms with E-state index >= 15 is 0 Å². The lowest BCUT2D eigenvalue weighted by atomic mass is 10.1. The molecule has 0 radical (unpaired) electrons. The number of amides is 2. The van der Waals surface area contributed by atoms with Crippen molar-refractivity contribution < 1.29 is 19.1 Å². The van der Waals surface area contributed by atoms with E-state index in [0.717, 1.165) is 43.5 Å². The molecular formula is C26H30N6O4. The van der Waals surface area contributed by atoms with Gasteiger partial charge < -0.3 is 19.7 Å². The van der Waals surface area contributed by atoms with Crippen LogP contribution in [0, 0.1) is 0 Å². The highest BCUT2D eigenvalue weighted by molar-refractivity contribution is 5.95. The summed E-state index contributed by atoms with van der Waals surface area (Å²) in [6.07, 6.45) is 7.52. The van der Waals surface area contributed by atoms with Gasteiger partial charge in [0, 0.05) is 43.7 Å². The maximum Gasteiger partial charge on any atom is 0.254 e. The second-order valence-corrected chi connectivity index (χ2v) is 9.03. The van der Waals surface area contributed by atoms with Gasteiger partial charge in [-0.2, -0.15) is 5.10 Å². The minimum absolute atomic E-state index is 0.165. The number of ether oxygens (including phenoxy) is 2. The fourth-order valence-corrected chi connectivity index (χ4v) is 4.56. The highest BCUT2D eigenvalue weighted by Gasteiger charge is 2.33. The van der Waals surface area contributed by atoms with Crippen molar-refractivity contribution in [2.45, 2.75) is 38.0 Å². The molecule has 0 unspecified atom stereocenters. The number of aromatic nitrogens is 4. The summed E-state index contributed by atoms with van der Waals surface area (Å²) in [5.41, 5.74) is 2.81. The zero-order valence-corrected chi connectivity index (χ0v) is 20.6.